The number of pyridine rings is 1. The lowest BCUT2D eigenvalue weighted by atomic mass is 10.1. The van der Waals surface area contributed by atoms with Gasteiger partial charge in [-0.15, -0.1) is 0 Å². The molecule has 2 rings (SSSR count). The van der Waals surface area contributed by atoms with Gasteiger partial charge in [-0.25, -0.2) is 4.98 Å². The van der Waals surface area contributed by atoms with Crippen LogP contribution in [0.1, 0.15) is 58.2 Å². The van der Waals surface area contributed by atoms with Gasteiger partial charge in [0.05, 0.1) is 0 Å². The second-order valence-corrected chi connectivity index (χ2v) is 6.63. The molecule has 0 unspecified atom stereocenters. The van der Waals surface area contributed by atoms with Crippen LogP contribution in [0.3, 0.4) is 0 Å². The van der Waals surface area contributed by atoms with Crippen molar-refractivity contribution in [1.82, 2.24) is 10.3 Å². The first-order valence-electron chi connectivity index (χ1n) is 7.47. The molecule has 0 amide bonds. The Morgan fingerprint density at radius 2 is 2.00 bits per heavy atom. The Morgan fingerprint density at radius 3 is 2.58 bits per heavy atom. The maximum atomic E-state index is 4.71. The monoisotopic (exact) mass is 261 g/mol. The lowest BCUT2D eigenvalue weighted by molar-refractivity contribution is 0.628. The fourth-order valence-electron chi connectivity index (χ4n) is 2.13. The summed E-state index contributed by atoms with van der Waals surface area (Å²) in [7, 11) is 0. The third-order valence-electron chi connectivity index (χ3n) is 3.12. The predicted octanol–water partition coefficient (Wildman–Crippen LogP) is 3.50. The van der Waals surface area contributed by atoms with Gasteiger partial charge in [-0.2, -0.15) is 0 Å². The van der Waals surface area contributed by atoms with E-state index in [9.17, 15) is 0 Å². The van der Waals surface area contributed by atoms with E-state index in [2.05, 4.69) is 50.5 Å². The molecule has 1 aliphatic carbocycles. The molecular weight excluding hydrogens is 234 g/mol. The molecular formula is C16H27N3. The van der Waals surface area contributed by atoms with Crippen LogP contribution < -0.4 is 10.6 Å². The average Bonchev–Trinajstić information content (AvgIpc) is 3.08. The van der Waals surface area contributed by atoms with Gasteiger partial charge >= 0.3 is 0 Å². The van der Waals surface area contributed by atoms with Crippen LogP contribution in [-0.4, -0.2) is 16.6 Å². The summed E-state index contributed by atoms with van der Waals surface area (Å²) in [5.74, 6) is 1.01. The lowest BCUT2D eigenvalue weighted by Crippen LogP contribution is -2.27. The summed E-state index contributed by atoms with van der Waals surface area (Å²) in [6.45, 7) is 9.67. The van der Waals surface area contributed by atoms with E-state index in [1.807, 2.05) is 0 Å². The molecule has 0 atom stereocenters. The fraction of sp³-hybridized carbons (Fsp3) is 0.688. The van der Waals surface area contributed by atoms with Gasteiger partial charge in [-0.05, 0) is 57.7 Å². The van der Waals surface area contributed by atoms with Crippen LogP contribution in [0.2, 0.25) is 0 Å². The smallest absolute Gasteiger partial charge is 0.126 e. The standard InChI is InChI=1S/C16H27N3/c1-5-6-14-9-12(11-17-13-7-8-13)10-15(18-14)19-16(2,3)4/h9-10,13,17H,5-8,11H2,1-4H3,(H,18,19). The Kier molecular flexibility index (Phi) is 4.46. The second-order valence-electron chi connectivity index (χ2n) is 6.63. The van der Waals surface area contributed by atoms with Gasteiger partial charge in [0.25, 0.3) is 0 Å². The number of hydrogen-bond acceptors (Lipinski definition) is 3. The summed E-state index contributed by atoms with van der Waals surface area (Å²) >= 11 is 0. The van der Waals surface area contributed by atoms with Crippen molar-refractivity contribution in [3.05, 3.63) is 23.4 Å². The summed E-state index contributed by atoms with van der Waals surface area (Å²) in [6.07, 6.45) is 4.86. The molecule has 0 spiro atoms. The largest absolute Gasteiger partial charge is 0.365 e. The summed E-state index contributed by atoms with van der Waals surface area (Å²) in [4.78, 5) is 4.71. The van der Waals surface area contributed by atoms with Crippen molar-refractivity contribution in [2.45, 2.75) is 71.5 Å². The molecule has 1 aromatic rings. The van der Waals surface area contributed by atoms with Gasteiger partial charge in [0.1, 0.15) is 5.82 Å². The van der Waals surface area contributed by atoms with Gasteiger partial charge in [-0.3, -0.25) is 0 Å². The van der Waals surface area contributed by atoms with Gasteiger partial charge in [0, 0.05) is 23.8 Å². The number of nitrogens with one attached hydrogen (secondary N) is 2. The van der Waals surface area contributed by atoms with E-state index in [4.69, 9.17) is 4.98 Å². The number of aryl methyl sites for hydroxylation is 1. The van der Waals surface area contributed by atoms with Crippen molar-refractivity contribution >= 4 is 5.82 Å². The van der Waals surface area contributed by atoms with Gasteiger partial charge in [0.2, 0.25) is 0 Å². The number of hydrogen-bond donors (Lipinski definition) is 2. The highest BCUT2D eigenvalue weighted by atomic mass is 15.0. The minimum Gasteiger partial charge on any atom is -0.365 e. The molecule has 0 saturated heterocycles. The molecule has 0 radical (unpaired) electrons. The molecule has 0 aliphatic heterocycles. The van der Waals surface area contributed by atoms with E-state index in [0.717, 1.165) is 31.2 Å². The summed E-state index contributed by atoms with van der Waals surface area (Å²) in [6, 6.07) is 5.17. The quantitative estimate of drug-likeness (QED) is 0.823. The summed E-state index contributed by atoms with van der Waals surface area (Å²) in [5, 5.41) is 7.06. The SMILES string of the molecule is CCCc1cc(CNC2CC2)cc(NC(C)(C)C)n1. The zero-order chi connectivity index (χ0) is 13.9. The molecule has 106 valence electrons. The molecule has 1 saturated carbocycles. The second kappa shape index (κ2) is 5.91. The first-order chi connectivity index (χ1) is 8.96. The van der Waals surface area contributed by atoms with E-state index < -0.39 is 0 Å². The highest BCUT2D eigenvalue weighted by Crippen LogP contribution is 2.21. The maximum Gasteiger partial charge on any atom is 0.126 e. The molecule has 1 heterocycles. The summed E-state index contributed by atoms with van der Waals surface area (Å²) in [5.41, 5.74) is 2.60. The lowest BCUT2D eigenvalue weighted by Gasteiger charge is -2.22. The first-order valence-corrected chi connectivity index (χ1v) is 7.47. The maximum absolute atomic E-state index is 4.71. The molecule has 1 fully saturated rings. The van der Waals surface area contributed by atoms with Crippen LogP contribution in [0.25, 0.3) is 0 Å². The van der Waals surface area contributed by atoms with Crippen LogP contribution in [-0.2, 0) is 13.0 Å². The van der Waals surface area contributed by atoms with E-state index in [0.29, 0.717) is 0 Å². The number of anilines is 1. The van der Waals surface area contributed by atoms with Crippen LogP contribution in [0.5, 0.6) is 0 Å². The average molecular weight is 261 g/mol. The van der Waals surface area contributed by atoms with Gasteiger partial charge in [-0.1, -0.05) is 13.3 Å². The molecule has 1 aromatic heterocycles. The molecule has 3 nitrogen and oxygen atoms in total. The van der Waals surface area contributed by atoms with Crippen molar-refractivity contribution in [3.63, 3.8) is 0 Å². The Hall–Kier alpha value is -1.09. The normalized spacial score (nSPS) is 15.6. The first kappa shape index (κ1) is 14.3. The Balaban J connectivity index is 2.10. The number of nitrogens with zero attached hydrogens (tertiary/aromatic N) is 1. The highest BCUT2D eigenvalue weighted by Gasteiger charge is 2.20. The number of rotatable bonds is 6. The van der Waals surface area contributed by atoms with Crippen molar-refractivity contribution in [1.29, 1.82) is 0 Å². The van der Waals surface area contributed by atoms with E-state index in [1.165, 1.54) is 24.1 Å². The molecule has 0 aromatic carbocycles. The van der Waals surface area contributed by atoms with Crippen LogP contribution in [0, 0.1) is 0 Å². The topological polar surface area (TPSA) is 37.0 Å². The van der Waals surface area contributed by atoms with E-state index in [-0.39, 0.29) is 5.54 Å². The van der Waals surface area contributed by atoms with Crippen molar-refractivity contribution in [3.8, 4) is 0 Å². The zero-order valence-corrected chi connectivity index (χ0v) is 12.7. The Labute approximate surface area is 117 Å². The molecule has 3 heteroatoms. The molecule has 1 aliphatic rings. The van der Waals surface area contributed by atoms with Gasteiger partial charge < -0.3 is 10.6 Å². The molecule has 0 bridgehead atoms. The van der Waals surface area contributed by atoms with Crippen LogP contribution in [0.15, 0.2) is 12.1 Å². The Morgan fingerprint density at radius 1 is 1.26 bits per heavy atom. The zero-order valence-electron chi connectivity index (χ0n) is 12.7. The minimum atomic E-state index is 0.0546. The van der Waals surface area contributed by atoms with Crippen molar-refractivity contribution < 1.29 is 0 Å². The highest BCUT2D eigenvalue weighted by molar-refractivity contribution is 5.41. The third-order valence-corrected chi connectivity index (χ3v) is 3.12. The third kappa shape index (κ3) is 5.19. The number of aromatic nitrogens is 1. The van der Waals surface area contributed by atoms with Crippen LogP contribution in [0.4, 0.5) is 5.82 Å². The van der Waals surface area contributed by atoms with Crippen molar-refractivity contribution in [2.75, 3.05) is 5.32 Å². The van der Waals surface area contributed by atoms with Gasteiger partial charge in [0.15, 0.2) is 0 Å². The van der Waals surface area contributed by atoms with Crippen molar-refractivity contribution in [2.24, 2.45) is 0 Å². The van der Waals surface area contributed by atoms with Crippen LogP contribution >= 0.6 is 0 Å². The Bertz CT molecular complexity index is 416. The fourth-order valence-corrected chi connectivity index (χ4v) is 2.13. The summed E-state index contributed by atoms with van der Waals surface area (Å²) < 4.78 is 0. The minimum absolute atomic E-state index is 0.0546. The van der Waals surface area contributed by atoms with E-state index >= 15 is 0 Å². The van der Waals surface area contributed by atoms with E-state index in [1.54, 1.807) is 0 Å². The predicted molar refractivity (Wildman–Crippen MR) is 81.5 cm³/mol. The molecule has 19 heavy (non-hydrogen) atoms. The molecule has 2 N–H and O–H groups in total.